The topological polar surface area (TPSA) is 46.2 Å². The maximum Gasteiger partial charge on any atom is 0.229 e. The fraction of sp³-hybridized carbons (Fsp3) is 0.833. The molecule has 1 N–H and O–H groups in total. The number of imide groups is 1. The van der Waals surface area contributed by atoms with Crippen molar-refractivity contribution < 1.29 is 9.59 Å². The average Bonchev–Trinajstić information content (AvgIpc) is 2.20. The molecule has 3 nitrogen and oxygen atoms in total. The van der Waals surface area contributed by atoms with Crippen molar-refractivity contribution >= 4 is 11.8 Å². The average molecular weight is 211 g/mol. The Bertz CT molecular complexity index is 250. The lowest BCUT2D eigenvalue weighted by Crippen LogP contribution is -2.47. The van der Waals surface area contributed by atoms with Crippen LogP contribution >= 0.6 is 0 Å². The fourth-order valence-corrected chi connectivity index (χ4v) is 2.39. The second-order valence-electron chi connectivity index (χ2n) is 4.56. The van der Waals surface area contributed by atoms with Gasteiger partial charge in [-0.25, -0.2) is 0 Å². The number of carbonyl (C=O) groups is 2. The van der Waals surface area contributed by atoms with Crippen LogP contribution in [-0.4, -0.2) is 11.8 Å². The molecule has 86 valence electrons. The summed E-state index contributed by atoms with van der Waals surface area (Å²) in [7, 11) is 0. The van der Waals surface area contributed by atoms with Gasteiger partial charge in [-0.1, -0.05) is 33.6 Å². The van der Waals surface area contributed by atoms with E-state index in [1.54, 1.807) is 0 Å². The molecule has 3 unspecified atom stereocenters. The summed E-state index contributed by atoms with van der Waals surface area (Å²) in [6, 6.07) is 0. The molecule has 1 aliphatic rings. The summed E-state index contributed by atoms with van der Waals surface area (Å²) in [6.45, 7) is 6.33. The molecule has 0 saturated carbocycles. The molecule has 1 heterocycles. The van der Waals surface area contributed by atoms with Gasteiger partial charge in [0.1, 0.15) is 0 Å². The number of carbonyl (C=O) groups excluding carboxylic acids is 2. The Morgan fingerprint density at radius 2 is 2.07 bits per heavy atom. The molecule has 0 radical (unpaired) electrons. The minimum absolute atomic E-state index is 0.0441. The van der Waals surface area contributed by atoms with Gasteiger partial charge in [0.25, 0.3) is 0 Å². The fourth-order valence-electron chi connectivity index (χ4n) is 2.39. The molecule has 3 heteroatoms. The van der Waals surface area contributed by atoms with Crippen molar-refractivity contribution in [3.8, 4) is 0 Å². The van der Waals surface area contributed by atoms with Crippen LogP contribution < -0.4 is 5.32 Å². The predicted octanol–water partition coefficient (Wildman–Crippen LogP) is 2.11. The van der Waals surface area contributed by atoms with Gasteiger partial charge in [0.05, 0.1) is 0 Å². The Kier molecular flexibility index (Phi) is 4.30. The summed E-state index contributed by atoms with van der Waals surface area (Å²) in [6.07, 6.45) is 3.45. The van der Waals surface area contributed by atoms with Crippen LogP contribution in [0.25, 0.3) is 0 Å². The highest BCUT2D eigenvalue weighted by Gasteiger charge is 2.37. The number of hydrogen-bond acceptors (Lipinski definition) is 2. The molecule has 1 saturated heterocycles. The molecular formula is C12H21NO2. The van der Waals surface area contributed by atoms with Crippen LogP contribution in [0.3, 0.4) is 0 Å². The molecule has 0 aromatic heterocycles. The van der Waals surface area contributed by atoms with Gasteiger partial charge in [0, 0.05) is 12.3 Å². The van der Waals surface area contributed by atoms with Crippen molar-refractivity contribution in [1.82, 2.24) is 5.32 Å². The first-order valence-corrected chi connectivity index (χ1v) is 5.93. The molecule has 15 heavy (non-hydrogen) atoms. The van der Waals surface area contributed by atoms with Gasteiger partial charge in [0.15, 0.2) is 0 Å². The molecule has 0 bridgehead atoms. The van der Waals surface area contributed by atoms with E-state index in [2.05, 4.69) is 26.1 Å². The van der Waals surface area contributed by atoms with Gasteiger partial charge in [0.2, 0.25) is 11.8 Å². The molecular weight excluding hydrogens is 190 g/mol. The number of hydrogen-bond donors (Lipinski definition) is 1. The standard InChI is InChI=1S/C12H21NO2/c1-4-6-9-10(8(3)5-2)7-11(14)13-12(9)15/h8-10H,4-7H2,1-3H3,(H,13,14,15). The van der Waals surface area contributed by atoms with Crippen molar-refractivity contribution in [2.24, 2.45) is 17.8 Å². The Balaban J connectivity index is 2.77. The van der Waals surface area contributed by atoms with Crippen molar-refractivity contribution in [3.05, 3.63) is 0 Å². The first kappa shape index (κ1) is 12.2. The van der Waals surface area contributed by atoms with E-state index in [1.807, 2.05) is 0 Å². The van der Waals surface area contributed by atoms with Gasteiger partial charge in [-0.3, -0.25) is 14.9 Å². The molecule has 0 spiro atoms. The Morgan fingerprint density at radius 3 is 2.60 bits per heavy atom. The molecule has 1 fully saturated rings. The normalized spacial score (nSPS) is 28.7. The second kappa shape index (κ2) is 5.29. The van der Waals surface area contributed by atoms with E-state index in [-0.39, 0.29) is 23.7 Å². The molecule has 3 atom stereocenters. The molecule has 2 amide bonds. The van der Waals surface area contributed by atoms with E-state index in [1.165, 1.54) is 0 Å². The smallest absolute Gasteiger partial charge is 0.229 e. The quantitative estimate of drug-likeness (QED) is 0.724. The minimum Gasteiger partial charge on any atom is -0.296 e. The number of rotatable bonds is 4. The SMILES string of the molecule is CCCC1C(=O)NC(=O)CC1C(C)CC. The Hall–Kier alpha value is -0.860. The lowest BCUT2D eigenvalue weighted by molar-refractivity contribution is -0.140. The first-order chi connectivity index (χ1) is 7.10. The highest BCUT2D eigenvalue weighted by atomic mass is 16.2. The van der Waals surface area contributed by atoms with E-state index in [4.69, 9.17) is 0 Å². The highest BCUT2D eigenvalue weighted by molar-refractivity contribution is 5.99. The summed E-state index contributed by atoms with van der Waals surface area (Å²) in [5.74, 6) is 0.589. The third-order valence-electron chi connectivity index (χ3n) is 3.51. The second-order valence-corrected chi connectivity index (χ2v) is 4.56. The largest absolute Gasteiger partial charge is 0.296 e. The third-order valence-corrected chi connectivity index (χ3v) is 3.51. The van der Waals surface area contributed by atoms with Crippen molar-refractivity contribution in [2.45, 2.75) is 46.5 Å². The van der Waals surface area contributed by atoms with E-state index in [9.17, 15) is 9.59 Å². The maximum atomic E-state index is 11.7. The van der Waals surface area contributed by atoms with Crippen LogP contribution in [0.5, 0.6) is 0 Å². The van der Waals surface area contributed by atoms with Crippen molar-refractivity contribution in [1.29, 1.82) is 0 Å². The van der Waals surface area contributed by atoms with Gasteiger partial charge < -0.3 is 0 Å². The summed E-state index contributed by atoms with van der Waals surface area (Å²) < 4.78 is 0. The first-order valence-electron chi connectivity index (χ1n) is 5.93. The number of nitrogens with one attached hydrogen (secondary N) is 1. The van der Waals surface area contributed by atoms with Crippen molar-refractivity contribution in [2.75, 3.05) is 0 Å². The summed E-state index contributed by atoms with van der Waals surface area (Å²) >= 11 is 0. The molecule has 0 aromatic rings. The van der Waals surface area contributed by atoms with Crippen LogP contribution in [-0.2, 0) is 9.59 Å². The lowest BCUT2D eigenvalue weighted by atomic mass is 9.74. The van der Waals surface area contributed by atoms with Gasteiger partial charge in [-0.05, 0) is 18.3 Å². The van der Waals surface area contributed by atoms with Crippen LogP contribution in [0.2, 0.25) is 0 Å². The van der Waals surface area contributed by atoms with Crippen LogP contribution in [0.4, 0.5) is 0 Å². The van der Waals surface area contributed by atoms with Crippen LogP contribution in [0, 0.1) is 17.8 Å². The van der Waals surface area contributed by atoms with Gasteiger partial charge in [-0.2, -0.15) is 0 Å². The third kappa shape index (κ3) is 2.80. The summed E-state index contributed by atoms with van der Waals surface area (Å²) in [5, 5.41) is 2.45. The van der Waals surface area contributed by atoms with E-state index < -0.39 is 0 Å². The zero-order valence-electron chi connectivity index (χ0n) is 9.88. The van der Waals surface area contributed by atoms with E-state index in [0.29, 0.717) is 12.3 Å². The molecule has 0 aromatic carbocycles. The maximum absolute atomic E-state index is 11.7. The zero-order chi connectivity index (χ0) is 11.4. The Morgan fingerprint density at radius 1 is 1.40 bits per heavy atom. The molecule has 1 rings (SSSR count). The summed E-state index contributed by atoms with van der Waals surface area (Å²) in [4.78, 5) is 23.0. The lowest BCUT2D eigenvalue weighted by Gasteiger charge is -2.33. The number of amides is 2. The monoisotopic (exact) mass is 211 g/mol. The van der Waals surface area contributed by atoms with Crippen LogP contribution in [0.15, 0.2) is 0 Å². The minimum atomic E-state index is -0.0994. The van der Waals surface area contributed by atoms with Crippen molar-refractivity contribution in [3.63, 3.8) is 0 Å². The van der Waals surface area contributed by atoms with Crippen LogP contribution in [0.1, 0.15) is 46.5 Å². The molecule has 1 aliphatic heterocycles. The number of piperidine rings is 1. The summed E-state index contributed by atoms with van der Waals surface area (Å²) in [5.41, 5.74) is 0. The van der Waals surface area contributed by atoms with E-state index in [0.717, 1.165) is 19.3 Å². The highest BCUT2D eigenvalue weighted by Crippen LogP contribution is 2.32. The van der Waals surface area contributed by atoms with E-state index >= 15 is 0 Å². The zero-order valence-corrected chi connectivity index (χ0v) is 9.88. The Labute approximate surface area is 91.6 Å². The van der Waals surface area contributed by atoms with Gasteiger partial charge in [-0.15, -0.1) is 0 Å². The molecule has 0 aliphatic carbocycles. The van der Waals surface area contributed by atoms with Gasteiger partial charge >= 0.3 is 0 Å². The predicted molar refractivity (Wildman–Crippen MR) is 59.1 cm³/mol.